The lowest BCUT2D eigenvalue weighted by Gasteiger charge is -2.25. The Morgan fingerprint density at radius 1 is 0.540 bits per heavy atom. The first-order valence-electron chi connectivity index (χ1n) is 20.2. The van der Waals surface area contributed by atoms with Crippen molar-refractivity contribution in [3.05, 3.63) is 72.9 Å². The largest absolute Gasteiger partial charge is 0.377 e. The van der Waals surface area contributed by atoms with E-state index in [-0.39, 0.29) is 0 Å². The van der Waals surface area contributed by atoms with Crippen molar-refractivity contribution in [2.75, 3.05) is 47.1 Å². The molecule has 0 aromatic rings. The van der Waals surface area contributed by atoms with Crippen molar-refractivity contribution in [1.29, 1.82) is 0 Å². The highest BCUT2D eigenvalue weighted by atomic mass is 16.6. The molecule has 1 amide bonds. The van der Waals surface area contributed by atoms with E-state index in [0.29, 0.717) is 26.4 Å². The molecule has 288 valence electrons. The standard InChI is InChI=1S/C44H78N2O4/c1-5-7-9-11-13-15-17-19-21-23-25-27-29-31-33-35-38-49-42(41-48-40-37-46(3)4)43(44(45)47)50-39-36-34-32-30-28-26-24-22-20-18-16-14-12-10-8-6-2/h7-10,13-16,19-22,42-43H,5-6,11-12,17-18,23-41H2,1-4H3,(H2,45,47)/b9-7-,10-8-,15-13-,16-14-,21-19-,22-20-. The predicted molar refractivity (Wildman–Crippen MR) is 217 cm³/mol. The van der Waals surface area contributed by atoms with Crippen LogP contribution in [-0.4, -0.2) is 70.1 Å². The number of rotatable bonds is 37. The van der Waals surface area contributed by atoms with Crippen LogP contribution in [0.3, 0.4) is 0 Å². The minimum absolute atomic E-state index is 0.307. The average Bonchev–Trinajstić information content (AvgIpc) is 3.10. The molecule has 0 rings (SSSR count). The smallest absolute Gasteiger partial charge is 0.249 e. The quantitative estimate of drug-likeness (QED) is 0.0516. The van der Waals surface area contributed by atoms with Gasteiger partial charge in [0.05, 0.1) is 13.2 Å². The number of allylic oxidation sites excluding steroid dienone is 12. The maximum atomic E-state index is 12.4. The Hall–Kier alpha value is -2.25. The number of nitrogens with two attached hydrogens (primary N) is 1. The molecule has 2 N–H and O–H groups in total. The van der Waals surface area contributed by atoms with Gasteiger partial charge in [0.15, 0.2) is 6.10 Å². The number of carbonyl (C=O) groups excluding carboxylic acids is 1. The minimum Gasteiger partial charge on any atom is -0.377 e. The SMILES string of the molecule is CC/C=C\C/C=C\C/C=C\CCCCCCCCOC(COCCN(C)C)C(OCCCCCCCC/C=C\C/C=C\C/C=C\CC)C(N)=O. The fourth-order valence-electron chi connectivity index (χ4n) is 5.28. The van der Waals surface area contributed by atoms with Crippen LogP contribution >= 0.6 is 0 Å². The van der Waals surface area contributed by atoms with Crippen LogP contribution in [0.1, 0.15) is 142 Å². The van der Waals surface area contributed by atoms with Crippen molar-refractivity contribution in [3.63, 3.8) is 0 Å². The topological polar surface area (TPSA) is 74.0 Å². The van der Waals surface area contributed by atoms with E-state index in [1.54, 1.807) is 0 Å². The molecule has 0 fully saturated rings. The molecule has 0 heterocycles. The molecule has 0 spiro atoms. The third kappa shape index (κ3) is 35.6. The molecule has 0 saturated heterocycles. The van der Waals surface area contributed by atoms with E-state index < -0.39 is 18.1 Å². The summed E-state index contributed by atoms with van der Waals surface area (Å²) in [6.07, 6.45) is 48.3. The second kappa shape index (κ2) is 39.5. The summed E-state index contributed by atoms with van der Waals surface area (Å²) >= 11 is 0. The minimum atomic E-state index is -0.787. The summed E-state index contributed by atoms with van der Waals surface area (Å²) in [6, 6.07) is 0. The van der Waals surface area contributed by atoms with E-state index >= 15 is 0 Å². The van der Waals surface area contributed by atoms with Crippen molar-refractivity contribution in [3.8, 4) is 0 Å². The first-order valence-corrected chi connectivity index (χ1v) is 20.2. The highest BCUT2D eigenvalue weighted by molar-refractivity contribution is 5.79. The van der Waals surface area contributed by atoms with Gasteiger partial charge in [0.2, 0.25) is 5.91 Å². The van der Waals surface area contributed by atoms with E-state index in [9.17, 15) is 4.79 Å². The summed E-state index contributed by atoms with van der Waals surface area (Å²) in [6.45, 7) is 7.11. The van der Waals surface area contributed by atoms with Gasteiger partial charge in [0, 0.05) is 19.8 Å². The Morgan fingerprint density at radius 2 is 0.940 bits per heavy atom. The van der Waals surface area contributed by atoms with Gasteiger partial charge in [0.1, 0.15) is 6.10 Å². The van der Waals surface area contributed by atoms with Crippen LogP contribution in [0.5, 0.6) is 0 Å². The second-order valence-electron chi connectivity index (χ2n) is 13.4. The molecule has 6 heteroatoms. The molecule has 0 aliphatic carbocycles. The molecule has 0 aliphatic rings. The van der Waals surface area contributed by atoms with Crippen LogP contribution in [0.2, 0.25) is 0 Å². The molecule has 0 aliphatic heterocycles. The maximum absolute atomic E-state index is 12.4. The molecule has 0 radical (unpaired) electrons. The average molecular weight is 699 g/mol. The number of carbonyl (C=O) groups is 1. The zero-order chi connectivity index (χ0) is 36.6. The van der Waals surface area contributed by atoms with Crippen LogP contribution in [0.25, 0.3) is 0 Å². The van der Waals surface area contributed by atoms with Gasteiger partial charge in [-0.3, -0.25) is 4.79 Å². The number of primary amides is 1. The number of hydrogen-bond donors (Lipinski definition) is 1. The van der Waals surface area contributed by atoms with Crippen molar-refractivity contribution in [2.24, 2.45) is 5.73 Å². The lowest BCUT2D eigenvalue weighted by Crippen LogP contribution is -2.45. The normalized spacial score (nSPS) is 13.9. The molecular weight excluding hydrogens is 620 g/mol. The van der Waals surface area contributed by atoms with Crippen LogP contribution in [0.4, 0.5) is 0 Å². The van der Waals surface area contributed by atoms with Crippen LogP contribution < -0.4 is 5.73 Å². The first kappa shape index (κ1) is 47.8. The summed E-state index contributed by atoms with van der Waals surface area (Å²) < 4.78 is 18.1. The molecule has 2 unspecified atom stereocenters. The highest BCUT2D eigenvalue weighted by Gasteiger charge is 2.28. The van der Waals surface area contributed by atoms with Gasteiger partial charge in [0.25, 0.3) is 0 Å². The number of hydrogen-bond acceptors (Lipinski definition) is 5. The Morgan fingerprint density at radius 3 is 1.38 bits per heavy atom. The monoisotopic (exact) mass is 699 g/mol. The van der Waals surface area contributed by atoms with E-state index in [1.807, 2.05) is 14.1 Å². The third-order valence-electron chi connectivity index (χ3n) is 8.30. The van der Waals surface area contributed by atoms with E-state index in [1.165, 1.54) is 51.4 Å². The zero-order valence-electron chi connectivity index (χ0n) is 32.9. The van der Waals surface area contributed by atoms with Crippen molar-refractivity contribution < 1.29 is 19.0 Å². The summed E-state index contributed by atoms with van der Waals surface area (Å²) in [5.41, 5.74) is 5.80. The zero-order valence-corrected chi connectivity index (χ0v) is 32.9. The van der Waals surface area contributed by atoms with Crippen LogP contribution in [0, 0.1) is 0 Å². The van der Waals surface area contributed by atoms with Gasteiger partial charge in [-0.15, -0.1) is 0 Å². The van der Waals surface area contributed by atoms with Crippen molar-refractivity contribution in [1.82, 2.24) is 4.90 Å². The number of likely N-dealkylation sites (N-methyl/N-ethyl adjacent to an activating group) is 1. The molecule has 2 atom stereocenters. The van der Waals surface area contributed by atoms with Crippen LogP contribution in [-0.2, 0) is 19.0 Å². The Labute approximate surface area is 309 Å². The van der Waals surface area contributed by atoms with E-state index in [2.05, 4.69) is 91.7 Å². The number of amides is 1. The summed E-state index contributed by atoms with van der Waals surface area (Å²) in [4.78, 5) is 14.5. The second-order valence-corrected chi connectivity index (χ2v) is 13.4. The lowest BCUT2D eigenvalue weighted by atomic mass is 10.1. The van der Waals surface area contributed by atoms with Gasteiger partial charge in [-0.05, 0) is 91.1 Å². The van der Waals surface area contributed by atoms with Gasteiger partial charge in [-0.1, -0.05) is 138 Å². The van der Waals surface area contributed by atoms with E-state index in [4.69, 9.17) is 19.9 Å². The fraction of sp³-hybridized carbons (Fsp3) is 0.705. The molecule has 0 bridgehead atoms. The fourth-order valence-corrected chi connectivity index (χ4v) is 5.28. The predicted octanol–water partition coefficient (Wildman–Crippen LogP) is 11.0. The Bertz CT molecular complexity index is 906. The lowest BCUT2D eigenvalue weighted by molar-refractivity contribution is -0.148. The molecule has 50 heavy (non-hydrogen) atoms. The molecule has 0 aromatic carbocycles. The van der Waals surface area contributed by atoms with E-state index in [0.717, 1.165) is 83.6 Å². The highest BCUT2D eigenvalue weighted by Crippen LogP contribution is 2.13. The van der Waals surface area contributed by atoms with Gasteiger partial charge in [-0.2, -0.15) is 0 Å². The molecule has 0 aromatic heterocycles. The Balaban J connectivity index is 4.20. The Kier molecular flexibility index (Phi) is 37.8. The van der Waals surface area contributed by atoms with Gasteiger partial charge < -0.3 is 24.8 Å². The third-order valence-corrected chi connectivity index (χ3v) is 8.30. The number of nitrogens with zero attached hydrogens (tertiary/aromatic N) is 1. The van der Waals surface area contributed by atoms with Crippen molar-refractivity contribution >= 4 is 5.91 Å². The first-order chi connectivity index (χ1) is 24.5. The van der Waals surface area contributed by atoms with Gasteiger partial charge >= 0.3 is 0 Å². The van der Waals surface area contributed by atoms with Crippen LogP contribution in [0.15, 0.2) is 72.9 Å². The number of ether oxygens (including phenoxy) is 3. The summed E-state index contributed by atoms with van der Waals surface area (Å²) in [5, 5.41) is 0. The molecule has 6 nitrogen and oxygen atoms in total. The number of unbranched alkanes of at least 4 members (excludes halogenated alkanes) is 12. The molecule has 0 saturated carbocycles. The summed E-state index contributed by atoms with van der Waals surface area (Å²) in [5.74, 6) is -0.475. The van der Waals surface area contributed by atoms with Crippen molar-refractivity contribution in [2.45, 2.75) is 154 Å². The molecular formula is C44H78N2O4. The summed E-state index contributed by atoms with van der Waals surface area (Å²) in [7, 11) is 4.03. The van der Waals surface area contributed by atoms with Gasteiger partial charge in [-0.25, -0.2) is 0 Å². The maximum Gasteiger partial charge on any atom is 0.249 e.